The van der Waals surface area contributed by atoms with Gasteiger partial charge in [-0.3, -0.25) is 4.79 Å². The fourth-order valence-corrected chi connectivity index (χ4v) is 3.09. The fraction of sp³-hybridized carbons (Fsp3) is 0.562. The van der Waals surface area contributed by atoms with Gasteiger partial charge >= 0.3 is 0 Å². The lowest BCUT2D eigenvalue weighted by molar-refractivity contribution is -0.123. The first-order valence-corrected chi connectivity index (χ1v) is 7.51. The van der Waals surface area contributed by atoms with Crippen LogP contribution < -0.4 is 14.8 Å². The third-order valence-electron chi connectivity index (χ3n) is 4.35. The van der Waals surface area contributed by atoms with Crippen molar-refractivity contribution < 1.29 is 19.4 Å². The molecule has 1 heterocycles. The number of aryl methyl sites for hydroxylation is 1. The summed E-state index contributed by atoms with van der Waals surface area (Å²) in [5, 5.41) is 12.5. The van der Waals surface area contributed by atoms with Crippen LogP contribution in [0.2, 0.25) is 0 Å². The zero-order chi connectivity index (χ0) is 14.7. The lowest BCUT2D eigenvalue weighted by Gasteiger charge is -2.28. The fourth-order valence-electron chi connectivity index (χ4n) is 3.09. The molecule has 5 heteroatoms. The van der Waals surface area contributed by atoms with Crippen molar-refractivity contribution in [3.05, 3.63) is 23.8 Å². The molecule has 0 radical (unpaired) electrons. The van der Waals surface area contributed by atoms with Gasteiger partial charge in [0.05, 0.1) is 12.1 Å². The zero-order valence-electron chi connectivity index (χ0n) is 12.1. The Morgan fingerprint density at radius 3 is 2.76 bits per heavy atom. The maximum atomic E-state index is 12.1. The Morgan fingerprint density at radius 1 is 1.24 bits per heavy atom. The topological polar surface area (TPSA) is 67.8 Å². The van der Waals surface area contributed by atoms with Crippen molar-refractivity contribution in [1.29, 1.82) is 0 Å². The summed E-state index contributed by atoms with van der Waals surface area (Å²) in [7, 11) is 0. The second-order valence-electron chi connectivity index (χ2n) is 5.88. The second-order valence-corrected chi connectivity index (χ2v) is 5.88. The van der Waals surface area contributed by atoms with E-state index in [1.54, 1.807) is 0 Å². The van der Waals surface area contributed by atoms with Gasteiger partial charge in [0.2, 0.25) is 12.7 Å². The molecule has 0 unspecified atom stereocenters. The van der Waals surface area contributed by atoms with Crippen LogP contribution in [0.15, 0.2) is 18.2 Å². The molecule has 0 saturated heterocycles. The van der Waals surface area contributed by atoms with E-state index in [1.165, 1.54) is 0 Å². The molecule has 2 N–H and O–H groups in total. The van der Waals surface area contributed by atoms with E-state index < -0.39 is 0 Å². The molecule has 1 saturated carbocycles. The summed E-state index contributed by atoms with van der Waals surface area (Å²) < 4.78 is 10.6. The molecule has 0 atom stereocenters. The van der Waals surface area contributed by atoms with Crippen LogP contribution in [0.4, 0.5) is 0 Å². The van der Waals surface area contributed by atoms with Gasteiger partial charge < -0.3 is 19.9 Å². The number of nitrogens with one attached hydrogen (secondary N) is 1. The molecule has 0 spiro atoms. The first-order valence-electron chi connectivity index (χ1n) is 7.51. The van der Waals surface area contributed by atoms with Crippen LogP contribution in [0, 0.1) is 0 Å². The lowest BCUT2D eigenvalue weighted by atomic mass is 9.98. The van der Waals surface area contributed by atoms with Gasteiger partial charge in [0, 0.05) is 6.42 Å². The Balaban J connectivity index is 1.54. The largest absolute Gasteiger partial charge is 0.454 e. The van der Waals surface area contributed by atoms with Crippen molar-refractivity contribution in [2.24, 2.45) is 0 Å². The summed E-state index contributed by atoms with van der Waals surface area (Å²) in [5.74, 6) is 1.51. The normalized spacial score (nSPS) is 18.7. The highest BCUT2D eigenvalue weighted by molar-refractivity contribution is 5.77. The van der Waals surface area contributed by atoms with E-state index in [4.69, 9.17) is 9.47 Å². The second kappa shape index (κ2) is 5.93. The van der Waals surface area contributed by atoms with Crippen LogP contribution in [0.1, 0.15) is 37.7 Å². The Morgan fingerprint density at radius 2 is 2.00 bits per heavy atom. The predicted octanol–water partition coefficient (Wildman–Crippen LogP) is 1.77. The van der Waals surface area contributed by atoms with Crippen molar-refractivity contribution >= 4 is 5.91 Å². The van der Waals surface area contributed by atoms with Gasteiger partial charge in [-0.05, 0) is 37.0 Å². The lowest BCUT2D eigenvalue weighted by Crippen LogP contribution is -2.49. The van der Waals surface area contributed by atoms with E-state index in [1.807, 2.05) is 18.2 Å². The van der Waals surface area contributed by atoms with Crippen molar-refractivity contribution in [2.45, 2.75) is 44.1 Å². The van der Waals surface area contributed by atoms with Gasteiger partial charge in [0.1, 0.15) is 0 Å². The van der Waals surface area contributed by atoms with E-state index in [-0.39, 0.29) is 24.8 Å². The number of aliphatic hydroxyl groups excluding tert-OH is 1. The van der Waals surface area contributed by atoms with Crippen LogP contribution in [-0.4, -0.2) is 30.0 Å². The number of aliphatic hydroxyl groups is 1. The van der Waals surface area contributed by atoms with Crippen LogP contribution in [0.5, 0.6) is 11.5 Å². The molecule has 1 fully saturated rings. The standard InChI is InChI=1S/C16H21NO4/c18-10-16(7-1-2-8-16)17-15(19)6-4-12-3-5-13-14(9-12)21-11-20-13/h3,5,9,18H,1-2,4,6-8,10-11H2,(H,17,19). The quantitative estimate of drug-likeness (QED) is 0.867. The number of fused-ring (bicyclic) bond motifs is 1. The van der Waals surface area contributed by atoms with E-state index in [0.717, 1.165) is 42.7 Å². The molecule has 21 heavy (non-hydrogen) atoms. The molecular weight excluding hydrogens is 270 g/mol. The van der Waals surface area contributed by atoms with E-state index >= 15 is 0 Å². The molecule has 1 aromatic rings. The van der Waals surface area contributed by atoms with Crippen LogP contribution in [-0.2, 0) is 11.2 Å². The SMILES string of the molecule is O=C(CCc1ccc2c(c1)OCO2)NC1(CO)CCCC1. The van der Waals surface area contributed by atoms with Gasteiger partial charge in [0.25, 0.3) is 0 Å². The third-order valence-corrected chi connectivity index (χ3v) is 4.35. The maximum Gasteiger partial charge on any atom is 0.231 e. The number of rotatable bonds is 5. The number of carbonyl (C=O) groups is 1. The van der Waals surface area contributed by atoms with Crippen molar-refractivity contribution in [1.82, 2.24) is 5.32 Å². The number of benzene rings is 1. The van der Waals surface area contributed by atoms with Crippen LogP contribution in [0.3, 0.4) is 0 Å². The minimum atomic E-state index is -0.383. The van der Waals surface area contributed by atoms with E-state index in [2.05, 4.69) is 5.32 Å². The summed E-state index contributed by atoms with van der Waals surface area (Å²) in [6.45, 7) is 0.293. The number of hydrogen-bond acceptors (Lipinski definition) is 4. The molecule has 0 bridgehead atoms. The van der Waals surface area contributed by atoms with Gasteiger partial charge in [-0.1, -0.05) is 18.9 Å². The maximum absolute atomic E-state index is 12.1. The number of carbonyl (C=O) groups excluding carboxylic acids is 1. The summed E-state index contributed by atoms with van der Waals surface area (Å²) >= 11 is 0. The number of amides is 1. The summed E-state index contributed by atoms with van der Waals surface area (Å²) in [4.78, 5) is 12.1. The third kappa shape index (κ3) is 3.13. The minimum Gasteiger partial charge on any atom is -0.454 e. The highest BCUT2D eigenvalue weighted by atomic mass is 16.7. The molecule has 1 aliphatic heterocycles. The molecule has 1 amide bonds. The average molecular weight is 291 g/mol. The smallest absolute Gasteiger partial charge is 0.231 e. The van der Waals surface area contributed by atoms with Gasteiger partial charge in [-0.25, -0.2) is 0 Å². The van der Waals surface area contributed by atoms with Gasteiger partial charge in [-0.2, -0.15) is 0 Å². The predicted molar refractivity (Wildman–Crippen MR) is 77.3 cm³/mol. The highest BCUT2D eigenvalue weighted by Gasteiger charge is 2.34. The summed E-state index contributed by atoms with van der Waals surface area (Å²) in [5.41, 5.74) is 0.672. The Kier molecular flexibility index (Phi) is 4.01. The molecule has 1 aliphatic carbocycles. The Hall–Kier alpha value is -1.75. The Bertz CT molecular complexity index is 523. The zero-order valence-corrected chi connectivity index (χ0v) is 12.1. The Labute approximate surface area is 124 Å². The summed E-state index contributed by atoms with van der Waals surface area (Å²) in [6, 6.07) is 5.76. The first kappa shape index (κ1) is 14.2. The number of ether oxygens (including phenoxy) is 2. The van der Waals surface area contributed by atoms with Crippen molar-refractivity contribution in [2.75, 3.05) is 13.4 Å². The minimum absolute atomic E-state index is 0.00335. The molecule has 0 aromatic heterocycles. The molecule has 1 aromatic carbocycles. The van der Waals surface area contributed by atoms with Crippen LogP contribution in [0.25, 0.3) is 0 Å². The average Bonchev–Trinajstić information content (AvgIpc) is 3.14. The van der Waals surface area contributed by atoms with Crippen LogP contribution >= 0.6 is 0 Å². The molecule has 2 aliphatic rings. The molecule has 114 valence electrons. The molecule has 5 nitrogen and oxygen atoms in total. The first-order chi connectivity index (χ1) is 10.2. The molecule has 3 rings (SSSR count). The summed E-state index contributed by atoms with van der Waals surface area (Å²) in [6.07, 6.45) is 4.97. The van der Waals surface area contributed by atoms with Crippen molar-refractivity contribution in [3.8, 4) is 11.5 Å². The van der Waals surface area contributed by atoms with E-state index in [9.17, 15) is 9.90 Å². The number of hydrogen-bond donors (Lipinski definition) is 2. The van der Waals surface area contributed by atoms with Gasteiger partial charge in [-0.15, -0.1) is 0 Å². The highest BCUT2D eigenvalue weighted by Crippen LogP contribution is 2.33. The van der Waals surface area contributed by atoms with Gasteiger partial charge in [0.15, 0.2) is 11.5 Å². The monoisotopic (exact) mass is 291 g/mol. The molecular formula is C16H21NO4. The van der Waals surface area contributed by atoms with Crippen molar-refractivity contribution in [3.63, 3.8) is 0 Å². The van der Waals surface area contributed by atoms with E-state index in [0.29, 0.717) is 12.8 Å².